The Morgan fingerprint density at radius 3 is 1.87 bits per heavy atom. The molecule has 2 amide bonds. The number of carbonyl (C=O) groups excluding carboxylic acids is 3. The number of rotatable bonds is 4. The van der Waals surface area contributed by atoms with E-state index in [0.29, 0.717) is 5.57 Å². The molecule has 0 aromatic heterocycles. The van der Waals surface area contributed by atoms with E-state index in [-0.39, 0.29) is 17.9 Å². The average molecular weight is 516 g/mol. The van der Waals surface area contributed by atoms with Crippen LogP contribution in [-0.2, 0) is 20.6 Å². The number of anilines is 1. The fourth-order valence-electron chi connectivity index (χ4n) is 7.20. The van der Waals surface area contributed by atoms with Crippen molar-refractivity contribution in [1.82, 2.24) is 0 Å². The van der Waals surface area contributed by atoms with E-state index in [9.17, 15) is 27.6 Å². The third kappa shape index (κ3) is 2.90. The zero-order valence-corrected chi connectivity index (χ0v) is 20.8. The summed E-state index contributed by atoms with van der Waals surface area (Å²) in [5.41, 5.74) is -0.664. The van der Waals surface area contributed by atoms with E-state index in [4.69, 9.17) is 0 Å². The van der Waals surface area contributed by atoms with Gasteiger partial charge in [0.1, 0.15) is 0 Å². The molecule has 4 atom stereocenters. The molecule has 7 heteroatoms. The highest BCUT2D eigenvalue weighted by atomic mass is 19.4. The number of hydrogen-bond acceptors (Lipinski definition) is 3. The van der Waals surface area contributed by atoms with Gasteiger partial charge in [-0.2, -0.15) is 13.2 Å². The van der Waals surface area contributed by atoms with Gasteiger partial charge in [0.2, 0.25) is 11.8 Å². The average Bonchev–Trinajstić information content (AvgIpc) is 3.39. The van der Waals surface area contributed by atoms with Crippen LogP contribution in [0.25, 0.3) is 11.1 Å². The summed E-state index contributed by atoms with van der Waals surface area (Å²) >= 11 is 0. The number of carbonyl (C=O) groups is 3. The Morgan fingerprint density at radius 1 is 0.763 bits per heavy atom. The van der Waals surface area contributed by atoms with Crippen LogP contribution in [0.5, 0.6) is 0 Å². The zero-order chi connectivity index (χ0) is 27.0. The summed E-state index contributed by atoms with van der Waals surface area (Å²) < 4.78 is 40.4. The molecular weight excluding hydrogens is 491 g/mol. The summed E-state index contributed by atoms with van der Waals surface area (Å²) in [6, 6.07) is 23.0. The summed E-state index contributed by atoms with van der Waals surface area (Å²) in [6.45, 7) is 3.56. The maximum Gasteiger partial charge on any atom is 0.416 e. The predicted octanol–water partition coefficient (Wildman–Crippen LogP) is 6.42. The van der Waals surface area contributed by atoms with E-state index in [1.165, 1.54) is 12.1 Å². The van der Waals surface area contributed by atoms with Gasteiger partial charge in [0.25, 0.3) is 0 Å². The molecule has 2 bridgehead atoms. The third-order valence-electron chi connectivity index (χ3n) is 8.67. The minimum absolute atomic E-state index is 0.131. The monoisotopic (exact) mass is 515 g/mol. The number of alkyl halides is 3. The smallest absolute Gasteiger partial charge is 0.298 e. The van der Waals surface area contributed by atoms with Crippen LogP contribution in [0.3, 0.4) is 0 Å². The molecule has 0 N–H and O–H groups in total. The minimum atomic E-state index is -4.63. The standard InChI is InChI=1S/C31H24F3NO3/c1-3-30-23(19-13-8-5-9-14-19)22(18-11-6-4-7-12-18)29(2,28(30)38)24-25(30)27(37)35(26(24)36)21-16-10-15-20(17-21)31(32,33)34/h4-17,24-25H,3H2,1-2H3/t24-,25+,29-,30+/m0/s1. The van der Waals surface area contributed by atoms with Crippen molar-refractivity contribution in [1.29, 1.82) is 0 Å². The van der Waals surface area contributed by atoms with Gasteiger partial charge in [-0.05, 0) is 53.8 Å². The number of fused-ring (bicyclic) bond motifs is 5. The van der Waals surface area contributed by atoms with Crippen molar-refractivity contribution in [3.63, 3.8) is 0 Å². The van der Waals surface area contributed by atoms with Crippen LogP contribution in [0.4, 0.5) is 18.9 Å². The molecule has 38 heavy (non-hydrogen) atoms. The van der Waals surface area contributed by atoms with Crippen molar-refractivity contribution in [2.75, 3.05) is 4.90 Å². The highest BCUT2D eigenvalue weighted by Crippen LogP contribution is 2.74. The highest BCUT2D eigenvalue weighted by molar-refractivity contribution is 6.34. The van der Waals surface area contributed by atoms with E-state index in [1.54, 1.807) is 6.92 Å². The lowest BCUT2D eigenvalue weighted by atomic mass is 9.62. The Labute approximate surface area is 217 Å². The van der Waals surface area contributed by atoms with Crippen molar-refractivity contribution < 1.29 is 27.6 Å². The van der Waals surface area contributed by atoms with Crippen LogP contribution >= 0.6 is 0 Å². The molecule has 1 heterocycles. The van der Waals surface area contributed by atoms with Crippen LogP contribution < -0.4 is 4.90 Å². The van der Waals surface area contributed by atoms with Crippen molar-refractivity contribution >= 4 is 34.4 Å². The number of Topliss-reactive ketones (excluding diaryl/α,β-unsaturated/α-hetero) is 1. The first-order valence-electron chi connectivity index (χ1n) is 12.5. The lowest BCUT2D eigenvalue weighted by molar-refractivity contribution is -0.137. The maximum atomic E-state index is 14.4. The molecule has 0 spiro atoms. The Balaban J connectivity index is 1.60. The molecule has 1 aliphatic heterocycles. The van der Waals surface area contributed by atoms with Crippen LogP contribution in [0.15, 0.2) is 84.9 Å². The lowest BCUT2D eigenvalue weighted by Gasteiger charge is -2.37. The second-order valence-electron chi connectivity index (χ2n) is 10.4. The topological polar surface area (TPSA) is 54.5 Å². The van der Waals surface area contributed by atoms with E-state index in [2.05, 4.69) is 0 Å². The van der Waals surface area contributed by atoms with Crippen LogP contribution in [0, 0.1) is 22.7 Å². The first-order chi connectivity index (χ1) is 18.1. The molecule has 0 radical (unpaired) electrons. The molecule has 192 valence electrons. The second-order valence-corrected chi connectivity index (χ2v) is 10.4. The zero-order valence-electron chi connectivity index (χ0n) is 20.8. The summed E-state index contributed by atoms with van der Waals surface area (Å²) in [6.07, 6.45) is -4.36. The van der Waals surface area contributed by atoms with Crippen LogP contribution in [0.2, 0.25) is 0 Å². The summed E-state index contributed by atoms with van der Waals surface area (Å²) in [4.78, 5) is 43.4. The van der Waals surface area contributed by atoms with Crippen molar-refractivity contribution in [2.45, 2.75) is 26.4 Å². The number of amides is 2. The summed E-state index contributed by atoms with van der Waals surface area (Å²) in [7, 11) is 0. The molecule has 3 aliphatic rings. The molecular formula is C31H24F3NO3. The first-order valence-corrected chi connectivity index (χ1v) is 12.5. The van der Waals surface area contributed by atoms with E-state index in [0.717, 1.165) is 33.7 Å². The van der Waals surface area contributed by atoms with Crippen molar-refractivity contribution in [3.05, 3.63) is 102 Å². The number of allylic oxidation sites excluding steroid dienone is 2. The van der Waals surface area contributed by atoms with Gasteiger partial charge in [0.05, 0.1) is 33.9 Å². The van der Waals surface area contributed by atoms with Crippen LogP contribution in [0.1, 0.15) is 37.0 Å². The molecule has 6 rings (SSSR count). The summed E-state index contributed by atoms with van der Waals surface area (Å²) in [5, 5.41) is 0. The van der Waals surface area contributed by atoms with Gasteiger partial charge in [0.15, 0.2) is 5.78 Å². The summed E-state index contributed by atoms with van der Waals surface area (Å²) in [5.74, 6) is -3.45. The number of halogens is 3. The molecule has 2 fully saturated rings. The van der Waals surface area contributed by atoms with Gasteiger partial charge >= 0.3 is 6.18 Å². The molecule has 1 saturated carbocycles. The van der Waals surface area contributed by atoms with E-state index < -0.39 is 46.2 Å². The van der Waals surface area contributed by atoms with Gasteiger partial charge in [-0.1, -0.05) is 73.7 Å². The highest BCUT2D eigenvalue weighted by Gasteiger charge is 2.79. The molecule has 3 aromatic carbocycles. The first kappa shape index (κ1) is 24.3. The normalized spacial score (nSPS) is 28.4. The molecule has 1 saturated heterocycles. The van der Waals surface area contributed by atoms with Gasteiger partial charge in [0, 0.05) is 0 Å². The van der Waals surface area contributed by atoms with Crippen LogP contribution in [-0.4, -0.2) is 17.6 Å². The number of imide groups is 1. The van der Waals surface area contributed by atoms with Gasteiger partial charge in [-0.3, -0.25) is 14.4 Å². The quantitative estimate of drug-likeness (QED) is 0.377. The number of nitrogens with zero attached hydrogens (tertiary/aromatic N) is 1. The molecule has 4 nitrogen and oxygen atoms in total. The van der Waals surface area contributed by atoms with Gasteiger partial charge in [-0.15, -0.1) is 0 Å². The molecule has 0 unspecified atom stereocenters. The third-order valence-corrected chi connectivity index (χ3v) is 8.67. The van der Waals surface area contributed by atoms with E-state index >= 15 is 0 Å². The van der Waals surface area contributed by atoms with Crippen molar-refractivity contribution in [2.24, 2.45) is 22.7 Å². The largest absolute Gasteiger partial charge is 0.416 e. The Morgan fingerprint density at radius 2 is 1.32 bits per heavy atom. The van der Waals surface area contributed by atoms with Crippen molar-refractivity contribution in [3.8, 4) is 0 Å². The molecule has 2 aliphatic carbocycles. The Hall–Kier alpha value is -4.00. The van der Waals surface area contributed by atoms with Gasteiger partial charge in [-0.25, -0.2) is 4.90 Å². The number of hydrogen-bond donors (Lipinski definition) is 0. The maximum absolute atomic E-state index is 14.4. The Kier molecular flexibility index (Phi) is 5.12. The minimum Gasteiger partial charge on any atom is -0.298 e. The lowest BCUT2D eigenvalue weighted by Crippen LogP contribution is -2.41. The number of benzene rings is 3. The number of ketones is 1. The Bertz CT molecular complexity index is 1530. The second kappa shape index (κ2) is 8.00. The van der Waals surface area contributed by atoms with Gasteiger partial charge < -0.3 is 0 Å². The SMILES string of the molecule is CC[C@@]12C(=O)[C@@](C)(C(c3ccccc3)=C1c1ccccc1)[C@@H]1C(=O)N(c3cccc(C(F)(F)F)c3)C(=O)[C@@H]12. The fraction of sp³-hybridized carbons (Fsp3) is 0.258. The predicted molar refractivity (Wildman–Crippen MR) is 136 cm³/mol. The van der Waals surface area contributed by atoms with E-state index in [1.807, 2.05) is 67.6 Å². The molecule has 3 aromatic rings. The fourth-order valence-corrected chi connectivity index (χ4v) is 7.20.